The zero-order valence-corrected chi connectivity index (χ0v) is 9.98. The molecule has 2 atom stereocenters. The number of rotatable bonds is 2. The highest BCUT2D eigenvalue weighted by molar-refractivity contribution is 5.82. The molecule has 2 N–H and O–H groups in total. The van der Waals surface area contributed by atoms with Gasteiger partial charge in [-0.05, 0) is 19.8 Å². The summed E-state index contributed by atoms with van der Waals surface area (Å²) in [6.07, 6.45) is 4.84. The van der Waals surface area contributed by atoms with E-state index < -0.39 is 0 Å². The first-order chi connectivity index (χ1) is 7.70. The number of hydrogen-bond donors (Lipinski definition) is 2. The average Bonchev–Trinajstić information content (AvgIpc) is 2.80. The lowest BCUT2D eigenvalue weighted by Crippen LogP contribution is -2.51. The Morgan fingerprint density at radius 3 is 2.69 bits per heavy atom. The number of nitrogens with zero attached hydrogens (tertiary/aromatic N) is 1. The Bertz CT molecular complexity index is 251. The monoisotopic (exact) mass is 226 g/mol. The Kier molecular flexibility index (Phi) is 3.82. The SMILES string of the molecule is CC1CN(C(=N)C2CCCC2)CC(CO)O1. The van der Waals surface area contributed by atoms with E-state index in [2.05, 4.69) is 4.90 Å². The van der Waals surface area contributed by atoms with Gasteiger partial charge in [-0.25, -0.2) is 0 Å². The smallest absolute Gasteiger partial charge is 0.0991 e. The van der Waals surface area contributed by atoms with Gasteiger partial charge < -0.3 is 14.7 Å². The second-order valence-electron chi connectivity index (χ2n) is 5.02. The van der Waals surface area contributed by atoms with Crippen LogP contribution in [0.1, 0.15) is 32.6 Å². The fraction of sp³-hybridized carbons (Fsp3) is 0.917. The maximum atomic E-state index is 9.15. The Balaban J connectivity index is 1.94. The summed E-state index contributed by atoms with van der Waals surface area (Å²) in [7, 11) is 0. The summed E-state index contributed by atoms with van der Waals surface area (Å²) in [5.41, 5.74) is 0. The van der Waals surface area contributed by atoms with Crippen LogP contribution >= 0.6 is 0 Å². The zero-order valence-electron chi connectivity index (χ0n) is 9.98. The molecule has 1 aliphatic carbocycles. The Morgan fingerprint density at radius 1 is 1.38 bits per heavy atom. The van der Waals surface area contributed by atoms with Crippen molar-refractivity contribution >= 4 is 5.84 Å². The normalized spacial score (nSPS) is 32.0. The third-order valence-electron chi connectivity index (χ3n) is 3.61. The van der Waals surface area contributed by atoms with E-state index in [0.29, 0.717) is 12.5 Å². The molecule has 0 amide bonds. The third kappa shape index (κ3) is 2.55. The number of morpholine rings is 1. The van der Waals surface area contributed by atoms with Crippen LogP contribution in [-0.2, 0) is 4.74 Å². The fourth-order valence-corrected chi connectivity index (χ4v) is 2.80. The quantitative estimate of drug-likeness (QED) is 0.550. The lowest BCUT2D eigenvalue weighted by atomic mass is 10.0. The van der Waals surface area contributed by atoms with Crippen molar-refractivity contribution in [3.05, 3.63) is 0 Å². The predicted molar refractivity (Wildman–Crippen MR) is 62.7 cm³/mol. The predicted octanol–water partition coefficient (Wildman–Crippen LogP) is 1.24. The first-order valence-electron chi connectivity index (χ1n) is 6.30. The van der Waals surface area contributed by atoms with Crippen LogP contribution in [-0.4, -0.2) is 47.7 Å². The van der Waals surface area contributed by atoms with Gasteiger partial charge in [0.25, 0.3) is 0 Å². The van der Waals surface area contributed by atoms with Gasteiger partial charge in [-0.3, -0.25) is 5.41 Å². The van der Waals surface area contributed by atoms with Crippen molar-refractivity contribution < 1.29 is 9.84 Å². The molecular formula is C12H22N2O2. The van der Waals surface area contributed by atoms with Gasteiger partial charge in [0, 0.05) is 19.0 Å². The van der Waals surface area contributed by atoms with Gasteiger partial charge in [0.1, 0.15) is 0 Å². The number of amidine groups is 1. The number of ether oxygens (including phenoxy) is 1. The summed E-state index contributed by atoms with van der Waals surface area (Å²) in [4.78, 5) is 2.10. The van der Waals surface area contributed by atoms with Gasteiger partial charge in [-0.15, -0.1) is 0 Å². The molecule has 2 rings (SSSR count). The van der Waals surface area contributed by atoms with E-state index >= 15 is 0 Å². The lowest BCUT2D eigenvalue weighted by molar-refractivity contribution is -0.0796. The zero-order chi connectivity index (χ0) is 11.5. The molecule has 1 saturated heterocycles. The molecule has 2 unspecified atom stereocenters. The van der Waals surface area contributed by atoms with Gasteiger partial charge in [0.2, 0.25) is 0 Å². The summed E-state index contributed by atoms with van der Waals surface area (Å²) in [5, 5.41) is 17.4. The average molecular weight is 226 g/mol. The second-order valence-corrected chi connectivity index (χ2v) is 5.02. The van der Waals surface area contributed by atoms with Crippen molar-refractivity contribution in [1.82, 2.24) is 4.90 Å². The van der Waals surface area contributed by atoms with Crippen LogP contribution in [0.25, 0.3) is 0 Å². The van der Waals surface area contributed by atoms with Gasteiger partial charge in [-0.2, -0.15) is 0 Å². The molecule has 0 aromatic rings. The molecule has 2 aliphatic rings. The number of hydrogen-bond acceptors (Lipinski definition) is 3. The van der Waals surface area contributed by atoms with Crippen molar-refractivity contribution in [2.75, 3.05) is 19.7 Å². The second kappa shape index (κ2) is 5.15. The van der Waals surface area contributed by atoms with Crippen molar-refractivity contribution in [2.45, 2.75) is 44.8 Å². The summed E-state index contributed by atoms with van der Waals surface area (Å²) in [5.74, 6) is 1.22. The maximum Gasteiger partial charge on any atom is 0.0991 e. The molecule has 1 heterocycles. The van der Waals surface area contributed by atoms with Crippen molar-refractivity contribution in [3.8, 4) is 0 Å². The molecule has 16 heavy (non-hydrogen) atoms. The van der Waals surface area contributed by atoms with Crippen LogP contribution in [0.5, 0.6) is 0 Å². The molecule has 4 nitrogen and oxygen atoms in total. The fourth-order valence-electron chi connectivity index (χ4n) is 2.80. The van der Waals surface area contributed by atoms with E-state index in [9.17, 15) is 0 Å². The first kappa shape index (κ1) is 11.9. The van der Waals surface area contributed by atoms with Gasteiger partial charge in [0.15, 0.2) is 0 Å². The van der Waals surface area contributed by atoms with Crippen molar-refractivity contribution in [1.29, 1.82) is 5.41 Å². The molecule has 0 bridgehead atoms. The van der Waals surface area contributed by atoms with Crippen LogP contribution in [0, 0.1) is 11.3 Å². The number of aliphatic hydroxyl groups excluding tert-OH is 1. The molecule has 0 spiro atoms. The summed E-state index contributed by atoms with van der Waals surface area (Å²) >= 11 is 0. The molecule has 0 aromatic heterocycles. The van der Waals surface area contributed by atoms with E-state index in [1.54, 1.807) is 0 Å². The van der Waals surface area contributed by atoms with Crippen LogP contribution in [0.15, 0.2) is 0 Å². The van der Waals surface area contributed by atoms with E-state index in [-0.39, 0.29) is 18.8 Å². The van der Waals surface area contributed by atoms with Crippen molar-refractivity contribution in [3.63, 3.8) is 0 Å². The third-order valence-corrected chi connectivity index (χ3v) is 3.61. The van der Waals surface area contributed by atoms with E-state index in [1.165, 1.54) is 12.8 Å². The van der Waals surface area contributed by atoms with Crippen molar-refractivity contribution in [2.24, 2.45) is 5.92 Å². The number of aliphatic hydroxyl groups is 1. The molecular weight excluding hydrogens is 204 g/mol. The molecule has 1 aliphatic heterocycles. The molecule has 2 fully saturated rings. The Morgan fingerprint density at radius 2 is 2.06 bits per heavy atom. The van der Waals surface area contributed by atoms with E-state index in [0.717, 1.165) is 25.2 Å². The Hall–Kier alpha value is -0.610. The van der Waals surface area contributed by atoms with Gasteiger partial charge in [-0.1, -0.05) is 12.8 Å². The minimum atomic E-state index is -0.120. The Labute approximate surface area is 97.1 Å². The highest BCUT2D eigenvalue weighted by atomic mass is 16.5. The van der Waals surface area contributed by atoms with Gasteiger partial charge >= 0.3 is 0 Å². The van der Waals surface area contributed by atoms with Gasteiger partial charge in [0.05, 0.1) is 24.7 Å². The lowest BCUT2D eigenvalue weighted by Gasteiger charge is -2.39. The molecule has 0 radical (unpaired) electrons. The molecule has 92 valence electrons. The highest BCUT2D eigenvalue weighted by Gasteiger charge is 2.30. The van der Waals surface area contributed by atoms with Crippen LogP contribution in [0.2, 0.25) is 0 Å². The van der Waals surface area contributed by atoms with Crippen LogP contribution < -0.4 is 0 Å². The summed E-state index contributed by atoms with van der Waals surface area (Å²) in [6.45, 7) is 3.54. The topological polar surface area (TPSA) is 56.6 Å². The largest absolute Gasteiger partial charge is 0.394 e. The first-order valence-corrected chi connectivity index (χ1v) is 6.30. The van der Waals surface area contributed by atoms with Crippen LogP contribution in [0.4, 0.5) is 0 Å². The molecule has 0 aromatic carbocycles. The van der Waals surface area contributed by atoms with E-state index in [1.807, 2.05) is 6.92 Å². The standard InChI is InChI=1S/C12H22N2O2/c1-9-6-14(7-11(8-15)16-9)12(13)10-4-2-3-5-10/h9-11,13,15H,2-8H2,1H3. The van der Waals surface area contributed by atoms with Crippen LogP contribution in [0.3, 0.4) is 0 Å². The molecule has 4 heteroatoms. The van der Waals surface area contributed by atoms with E-state index in [4.69, 9.17) is 15.3 Å². The molecule has 1 saturated carbocycles. The minimum absolute atomic E-state index is 0.0544. The summed E-state index contributed by atoms with van der Waals surface area (Å²) in [6, 6.07) is 0. The summed E-state index contributed by atoms with van der Waals surface area (Å²) < 4.78 is 5.59. The number of nitrogens with one attached hydrogen (secondary N) is 1. The minimum Gasteiger partial charge on any atom is -0.394 e. The highest BCUT2D eigenvalue weighted by Crippen LogP contribution is 2.27. The maximum absolute atomic E-state index is 9.15.